The Kier molecular flexibility index (Phi) is 8.17. The van der Waals surface area contributed by atoms with Crippen molar-refractivity contribution in [2.75, 3.05) is 6.54 Å². The molecular weight excluding hydrogens is 514 g/mol. The predicted molar refractivity (Wildman–Crippen MR) is 142 cm³/mol. The zero-order valence-corrected chi connectivity index (χ0v) is 21.2. The molecule has 0 aliphatic carbocycles. The van der Waals surface area contributed by atoms with Crippen LogP contribution in [0.2, 0.25) is 5.02 Å². The lowest BCUT2D eigenvalue weighted by molar-refractivity contribution is -0.139. The number of nitrogens with one attached hydrogen (secondary N) is 2. The van der Waals surface area contributed by atoms with Gasteiger partial charge in [-0.05, 0) is 72.5 Å². The lowest BCUT2D eigenvalue weighted by Crippen LogP contribution is -2.41. The van der Waals surface area contributed by atoms with Gasteiger partial charge in [-0.3, -0.25) is 14.6 Å². The molecule has 190 valence electrons. The zero-order valence-electron chi connectivity index (χ0n) is 19.6. The van der Waals surface area contributed by atoms with Crippen LogP contribution in [0.1, 0.15) is 23.2 Å². The number of amides is 1. The predicted octanol–water partition coefficient (Wildman–Crippen LogP) is 4.50. The number of sulfonamides is 1. The molecule has 10 heteroatoms. The maximum Gasteiger partial charge on any atom is 0.321 e. The van der Waals surface area contributed by atoms with Crippen molar-refractivity contribution < 1.29 is 23.1 Å². The van der Waals surface area contributed by atoms with Crippen molar-refractivity contribution in [2.24, 2.45) is 0 Å². The van der Waals surface area contributed by atoms with E-state index in [1.54, 1.807) is 54.7 Å². The molecule has 0 aliphatic heterocycles. The number of carboxylic acids is 1. The van der Waals surface area contributed by atoms with Crippen LogP contribution in [-0.2, 0) is 14.8 Å². The smallest absolute Gasteiger partial charge is 0.321 e. The molecule has 1 amide bonds. The second-order valence-corrected chi connectivity index (χ2v) is 10.5. The average molecular weight is 538 g/mol. The second-order valence-electron chi connectivity index (χ2n) is 8.35. The van der Waals surface area contributed by atoms with Gasteiger partial charge in [0, 0.05) is 28.7 Å². The Hall–Kier alpha value is -3.79. The van der Waals surface area contributed by atoms with Crippen molar-refractivity contribution >= 4 is 44.4 Å². The van der Waals surface area contributed by atoms with Gasteiger partial charge in [-0.1, -0.05) is 41.9 Å². The van der Waals surface area contributed by atoms with Gasteiger partial charge in [0.1, 0.15) is 6.04 Å². The monoisotopic (exact) mass is 537 g/mol. The molecule has 0 radical (unpaired) electrons. The first-order valence-electron chi connectivity index (χ1n) is 11.5. The normalized spacial score (nSPS) is 12.2. The van der Waals surface area contributed by atoms with Crippen molar-refractivity contribution in [3.8, 4) is 11.1 Å². The minimum absolute atomic E-state index is 0.000653. The summed E-state index contributed by atoms with van der Waals surface area (Å²) in [4.78, 5) is 28.4. The number of aliphatic carboxylic acids is 1. The Morgan fingerprint density at radius 2 is 1.62 bits per heavy atom. The molecule has 0 saturated heterocycles. The van der Waals surface area contributed by atoms with Crippen LogP contribution in [0.25, 0.3) is 22.0 Å². The summed E-state index contributed by atoms with van der Waals surface area (Å²) in [7, 11) is -4.07. The maximum absolute atomic E-state index is 12.8. The fourth-order valence-corrected chi connectivity index (χ4v) is 5.13. The van der Waals surface area contributed by atoms with Crippen LogP contribution in [0.3, 0.4) is 0 Å². The van der Waals surface area contributed by atoms with Gasteiger partial charge >= 0.3 is 5.97 Å². The van der Waals surface area contributed by atoms with Gasteiger partial charge in [0.15, 0.2) is 0 Å². The third-order valence-corrected chi connectivity index (χ3v) is 7.50. The lowest BCUT2D eigenvalue weighted by atomic mass is 10.1. The van der Waals surface area contributed by atoms with E-state index in [1.165, 1.54) is 12.1 Å². The standard InChI is InChI=1S/C27H24ClN3O5S/c28-22-10-5-18(6-11-22)19-7-12-23(13-8-19)37(35,36)31-25(27(33)34)4-2-16-30-26(32)21-9-14-24-20(17-21)3-1-15-29-24/h1,3,5-15,17,25,31H,2,4,16H2,(H,30,32)(H,33,34). The van der Waals surface area contributed by atoms with E-state index in [2.05, 4.69) is 15.0 Å². The SMILES string of the molecule is O=C(NCCCC(NS(=O)(=O)c1ccc(-c2ccc(Cl)cc2)cc1)C(=O)O)c1ccc2ncccc2c1. The van der Waals surface area contributed by atoms with Crippen molar-refractivity contribution in [1.29, 1.82) is 0 Å². The van der Waals surface area contributed by atoms with E-state index in [1.807, 2.05) is 18.2 Å². The third kappa shape index (κ3) is 6.71. The second kappa shape index (κ2) is 11.5. The molecule has 3 aromatic carbocycles. The summed E-state index contributed by atoms with van der Waals surface area (Å²) >= 11 is 5.91. The van der Waals surface area contributed by atoms with Crippen molar-refractivity contribution in [2.45, 2.75) is 23.8 Å². The topological polar surface area (TPSA) is 125 Å². The van der Waals surface area contributed by atoms with Crippen LogP contribution >= 0.6 is 11.6 Å². The van der Waals surface area contributed by atoms with Gasteiger partial charge in [-0.25, -0.2) is 8.42 Å². The fraction of sp³-hybridized carbons (Fsp3) is 0.148. The Bertz CT molecular complexity index is 1520. The first-order chi connectivity index (χ1) is 17.7. The Morgan fingerprint density at radius 1 is 0.946 bits per heavy atom. The highest BCUT2D eigenvalue weighted by molar-refractivity contribution is 7.89. The first kappa shape index (κ1) is 26.3. The minimum atomic E-state index is -4.07. The Morgan fingerprint density at radius 3 is 2.30 bits per heavy atom. The van der Waals surface area contributed by atoms with Crippen molar-refractivity contribution in [1.82, 2.24) is 15.0 Å². The fourth-order valence-electron chi connectivity index (χ4n) is 3.78. The summed E-state index contributed by atoms with van der Waals surface area (Å²) in [6.45, 7) is 0.186. The highest BCUT2D eigenvalue weighted by Gasteiger charge is 2.25. The number of carbonyl (C=O) groups is 2. The molecule has 0 fully saturated rings. The van der Waals surface area contributed by atoms with E-state index in [-0.39, 0.29) is 30.2 Å². The van der Waals surface area contributed by atoms with Crippen LogP contribution in [-0.4, -0.2) is 43.0 Å². The number of fused-ring (bicyclic) bond motifs is 1. The molecule has 1 aromatic heterocycles. The number of aromatic nitrogens is 1. The number of pyridine rings is 1. The molecule has 37 heavy (non-hydrogen) atoms. The molecule has 0 bridgehead atoms. The van der Waals surface area contributed by atoms with Gasteiger partial charge in [-0.15, -0.1) is 0 Å². The Balaban J connectivity index is 1.33. The molecule has 1 unspecified atom stereocenters. The number of carbonyl (C=O) groups excluding carboxylic acids is 1. The highest BCUT2D eigenvalue weighted by Crippen LogP contribution is 2.23. The van der Waals surface area contributed by atoms with E-state index in [0.717, 1.165) is 22.0 Å². The van der Waals surface area contributed by atoms with E-state index in [4.69, 9.17) is 11.6 Å². The van der Waals surface area contributed by atoms with E-state index >= 15 is 0 Å². The van der Waals surface area contributed by atoms with E-state index in [0.29, 0.717) is 10.6 Å². The molecule has 1 heterocycles. The van der Waals surface area contributed by atoms with E-state index < -0.39 is 22.0 Å². The van der Waals surface area contributed by atoms with Gasteiger partial charge < -0.3 is 10.4 Å². The Labute approximate surface area is 219 Å². The number of hydrogen-bond acceptors (Lipinski definition) is 5. The lowest BCUT2D eigenvalue weighted by Gasteiger charge is -2.15. The summed E-state index contributed by atoms with van der Waals surface area (Å²) in [6, 6.07) is 20.7. The summed E-state index contributed by atoms with van der Waals surface area (Å²) < 4.78 is 27.9. The highest BCUT2D eigenvalue weighted by atomic mass is 35.5. The van der Waals surface area contributed by atoms with Crippen LogP contribution in [0.5, 0.6) is 0 Å². The van der Waals surface area contributed by atoms with Gasteiger partial charge in [0.2, 0.25) is 10.0 Å². The van der Waals surface area contributed by atoms with Gasteiger partial charge in [0.05, 0.1) is 10.4 Å². The minimum Gasteiger partial charge on any atom is -0.480 e. The maximum atomic E-state index is 12.8. The van der Waals surface area contributed by atoms with Crippen LogP contribution < -0.4 is 10.0 Å². The number of hydrogen-bond donors (Lipinski definition) is 3. The number of halogens is 1. The molecular formula is C27H24ClN3O5S. The number of nitrogens with zero attached hydrogens (tertiary/aromatic N) is 1. The average Bonchev–Trinajstić information content (AvgIpc) is 2.90. The molecule has 4 aromatic rings. The van der Waals surface area contributed by atoms with Crippen LogP contribution in [0, 0.1) is 0 Å². The summed E-state index contributed by atoms with van der Waals surface area (Å²) in [5.41, 5.74) is 2.89. The van der Waals surface area contributed by atoms with Crippen LogP contribution in [0.15, 0.2) is 90.0 Å². The largest absolute Gasteiger partial charge is 0.480 e. The summed E-state index contributed by atoms with van der Waals surface area (Å²) in [6.07, 6.45) is 1.93. The zero-order chi connectivity index (χ0) is 26.4. The molecule has 3 N–H and O–H groups in total. The summed E-state index contributed by atoms with van der Waals surface area (Å²) in [5, 5.41) is 13.7. The van der Waals surface area contributed by atoms with Gasteiger partial charge in [0.25, 0.3) is 5.91 Å². The molecule has 0 saturated carbocycles. The molecule has 0 aliphatic rings. The van der Waals surface area contributed by atoms with Crippen molar-refractivity contribution in [3.05, 3.63) is 95.6 Å². The third-order valence-electron chi connectivity index (χ3n) is 5.76. The van der Waals surface area contributed by atoms with Crippen molar-refractivity contribution in [3.63, 3.8) is 0 Å². The quantitative estimate of drug-likeness (QED) is 0.256. The molecule has 0 spiro atoms. The number of carboxylic acid groups (broad SMARTS) is 1. The van der Waals surface area contributed by atoms with E-state index in [9.17, 15) is 23.1 Å². The summed E-state index contributed by atoms with van der Waals surface area (Å²) in [5.74, 6) is -1.60. The molecule has 4 rings (SSSR count). The first-order valence-corrected chi connectivity index (χ1v) is 13.3. The van der Waals surface area contributed by atoms with Crippen LogP contribution in [0.4, 0.5) is 0 Å². The van der Waals surface area contributed by atoms with Gasteiger partial charge in [-0.2, -0.15) is 4.72 Å². The number of rotatable bonds is 10. The molecule has 8 nitrogen and oxygen atoms in total. The molecule has 1 atom stereocenters. The number of benzene rings is 3.